The molecule has 3 heterocycles. The zero-order chi connectivity index (χ0) is 31.0. The highest BCUT2D eigenvalue weighted by Crippen LogP contribution is 2.40. The number of piperidine rings is 1. The molecule has 1 aromatic heterocycles. The molecule has 0 bridgehead atoms. The highest BCUT2D eigenvalue weighted by molar-refractivity contribution is 6.31. The van der Waals surface area contributed by atoms with Crippen LogP contribution in [0.3, 0.4) is 0 Å². The van der Waals surface area contributed by atoms with Gasteiger partial charge in [0.05, 0.1) is 18.8 Å². The second-order valence-electron chi connectivity index (χ2n) is 11.8. The van der Waals surface area contributed by atoms with E-state index < -0.39 is 35.6 Å². The summed E-state index contributed by atoms with van der Waals surface area (Å²) in [5.74, 6) is -0.827. The molecule has 0 amide bonds. The van der Waals surface area contributed by atoms with Gasteiger partial charge in [0, 0.05) is 73.7 Å². The Kier molecular flexibility index (Phi) is 8.79. The van der Waals surface area contributed by atoms with Crippen LogP contribution in [-0.2, 0) is 10.9 Å². The number of carbonyl (C=O) groups excluding carboxylic acids is 1. The summed E-state index contributed by atoms with van der Waals surface area (Å²) < 4.78 is 61.7. The molecule has 2 aliphatic heterocycles. The minimum absolute atomic E-state index is 0.0317. The topological polar surface area (TPSA) is 53.8 Å². The molecule has 1 aliphatic carbocycles. The van der Waals surface area contributed by atoms with E-state index in [0.717, 1.165) is 66.1 Å². The molecule has 236 valence electrons. The number of aromatic nitrogens is 2. The van der Waals surface area contributed by atoms with E-state index >= 15 is 0 Å². The zero-order valence-electron chi connectivity index (χ0n) is 24.6. The fraction of sp³-hybridized carbons (Fsp3) is 0.500. The summed E-state index contributed by atoms with van der Waals surface area (Å²) in [5, 5.41) is 4.57. The van der Waals surface area contributed by atoms with Gasteiger partial charge in [-0.15, -0.1) is 0 Å². The summed E-state index contributed by atoms with van der Waals surface area (Å²) >= 11 is 6.44. The maximum atomic E-state index is 14.2. The number of benzene rings is 2. The average Bonchev–Trinajstić information content (AvgIpc) is 3.50. The molecule has 2 saturated heterocycles. The van der Waals surface area contributed by atoms with Crippen molar-refractivity contribution in [3.8, 4) is 11.1 Å². The van der Waals surface area contributed by atoms with Crippen molar-refractivity contribution in [2.24, 2.45) is 5.92 Å². The summed E-state index contributed by atoms with van der Waals surface area (Å²) in [4.78, 5) is 19.0. The van der Waals surface area contributed by atoms with Crippen LogP contribution in [0.4, 0.5) is 28.9 Å². The van der Waals surface area contributed by atoms with Crippen molar-refractivity contribution in [3.05, 3.63) is 64.9 Å². The normalized spacial score (nSPS) is 22.7. The van der Waals surface area contributed by atoms with Crippen LogP contribution in [-0.4, -0.2) is 79.2 Å². The van der Waals surface area contributed by atoms with Crippen LogP contribution in [0.5, 0.6) is 0 Å². The Morgan fingerprint density at radius 2 is 1.77 bits per heavy atom. The van der Waals surface area contributed by atoms with E-state index in [-0.39, 0.29) is 19.1 Å². The van der Waals surface area contributed by atoms with Crippen molar-refractivity contribution in [1.82, 2.24) is 14.7 Å². The van der Waals surface area contributed by atoms with Crippen molar-refractivity contribution < 1.29 is 27.1 Å². The molecular weight excluding hydrogens is 598 g/mol. The van der Waals surface area contributed by atoms with Crippen molar-refractivity contribution in [2.45, 2.75) is 44.6 Å². The first-order valence-electron chi connectivity index (χ1n) is 15.2. The lowest BCUT2D eigenvalue weighted by Gasteiger charge is -2.37. The third-order valence-corrected chi connectivity index (χ3v) is 9.08. The summed E-state index contributed by atoms with van der Waals surface area (Å²) in [5.41, 5.74) is 2.21. The maximum Gasteiger partial charge on any atom is 0.433 e. The number of alkyl halides is 4. The largest absolute Gasteiger partial charge is 0.462 e. The van der Waals surface area contributed by atoms with Crippen molar-refractivity contribution in [1.29, 1.82) is 0 Å². The van der Waals surface area contributed by atoms with Crippen LogP contribution in [0.15, 0.2) is 48.7 Å². The fourth-order valence-electron chi connectivity index (χ4n) is 6.44. The molecule has 12 heteroatoms. The highest BCUT2D eigenvalue weighted by atomic mass is 35.5. The van der Waals surface area contributed by atoms with Crippen LogP contribution >= 0.6 is 11.6 Å². The van der Waals surface area contributed by atoms with Gasteiger partial charge in [-0.2, -0.15) is 18.3 Å². The first-order valence-corrected chi connectivity index (χ1v) is 15.6. The Labute approximate surface area is 259 Å². The number of carbonyl (C=O) groups is 1. The quantitative estimate of drug-likeness (QED) is 0.203. The van der Waals surface area contributed by atoms with Crippen molar-refractivity contribution in [2.75, 3.05) is 62.2 Å². The van der Waals surface area contributed by atoms with E-state index in [9.17, 15) is 22.4 Å². The fourth-order valence-corrected chi connectivity index (χ4v) is 6.60. The SMILES string of the molecule is CCOC(=O)c1cnn(C2CCCN(c3cc(Cl)ccc3-c3ccc(N4CCN(C[C@H]5C[C@H]5F)CC4)cc3)C2)c1C(F)(F)F. The van der Waals surface area contributed by atoms with Gasteiger partial charge in [-0.3, -0.25) is 9.58 Å². The molecular formula is C32H36ClF4N5O2. The van der Waals surface area contributed by atoms with Gasteiger partial charge in [0.1, 0.15) is 11.7 Å². The predicted octanol–water partition coefficient (Wildman–Crippen LogP) is 6.72. The lowest BCUT2D eigenvalue weighted by molar-refractivity contribution is -0.145. The van der Waals surface area contributed by atoms with Crippen LogP contribution in [0.2, 0.25) is 5.02 Å². The molecule has 1 saturated carbocycles. The second-order valence-corrected chi connectivity index (χ2v) is 12.3. The minimum atomic E-state index is -4.77. The standard InChI is InChI=1S/C32H36ClF4N5O2/c1-2-44-31(43)27-18-38-42(30(27)32(35,36)37)25-4-3-11-41(20-25)29-17-23(33)7-10-26(29)21-5-8-24(9-6-21)40-14-12-39(13-15-40)19-22-16-28(22)34/h5-10,17-18,22,25,28H,2-4,11-16,19-20H2,1H3/t22-,25?,28-/m1/s1. The van der Waals surface area contributed by atoms with Gasteiger partial charge >= 0.3 is 12.1 Å². The molecule has 0 radical (unpaired) electrons. The molecule has 3 atom stereocenters. The van der Waals surface area contributed by atoms with Crippen LogP contribution in [0.25, 0.3) is 11.1 Å². The lowest BCUT2D eigenvalue weighted by atomic mass is 9.99. The molecule has 44 heavy (non-hydrogen) atoms. The van der Waals surface area contributed by atoms with Gasteiger partial charge in [-0.25, -0.2) is 9.18 Å². The van der Waals surface area contributed by atoms with Crippen LogP contribution < -0.4 is 9.80 Å². The summed E-state index contributed by atoms with van der Waals surface area (Å²) in [6.45, 7) is 6.87. The van der Waals surface area contributed by atoms with E-state index in [1.165, 1.54) is 0 Å². The number of ether oxygens (including phenoxy) is 1. The Morgan fingerprint density at radius 3 is 2.43 bits per heavy atom. The Morgan fingerprint density at radius 1 is 1.05 bits per heavy atom. The number of hydrogen-bond acceptors (Lipinski definition) is 6. The van der Waals surface area contributed by atoms with E-state index in [1.807, 2.05) is 18.2 Å². The van der Waals surface area contributed by atoms with E-state index in [2.05, 4.69) is 44.1 Å². The molecule has 2 aromatic carbocycles. The van der Waals surface area contributed by atoms with E-state index in [4.69, 9.17) is 16.3 Å². The van der Waals surface area contributed by atoms with Crippen LogP contribution in [0.1, 0.15) is 48.3 Å². The first-order chi connectivity index (χ1) is 21.1. The zero-order valence-corrected chi connectivity index (χ0v) is 25.3. The molecule has 3 aromatic rings. The predicted molar refractivity (Wildman–Crippen MR) is 162 cm³/mol. The molecule has 6 rings (SSSR count). The average molecular weight is 634 g/mol. The van der Waals surface area contributed by atoms with Gasteiger partial charge < -0.3 is 14.5 Å². The number of nitrogens with zero attached hydrogens (tertiary/aromatic N) is 5. The van der Waals surface area contributed by atoms with Crippen LogP contribution in [0, 0.1) is 5.92 Å². The minimum Gasteiger partial charge on any atom is -0.462 e. The highest BCUT2D eigenvalue weighted by Gasteiger charge is 2.43. The molecule has 0 spiro atoms. The molecule has 3 aliphatic rings. The van der Waals surface area contributed by atoms with Gasteiger partial charge in [0.25, 0.3) is 0 Å². The van der Waals surface area contributed by atoms with Crippen molar-refractivity contribution in [3.63, 3.8) is 0 Å². The van der Waals surface area contributed by atoms with Crippen molar-refractivity contribution >= 4 is 28.9 Å². The Bertz CT molecular complexity index is 1470. The number of piperazine rings is 1. The van der Waals surface area contributed by atoms with E-state index in [0.29, 0.717) is 30.8 Å². The van der Waals surface area contributed by atoms with Gasteiger partial charge in [0.2, 0.25) is 0 Å². The molecule has 3 fully saturated rings. The lowest BCUT2D eigenvalue weighted by Crippen LogP contribution is -2.47. The summed E-state index contributed by atoms with van der Waals surface area (Å²) in [7, 11) is 0. The monoisotopic (exact) mass is 633 g/mol. The number of esters is 1. The van der Waals surface area contributed by atoms with Gasteiger partial charge in [-0.1, -0.05) is 29.8 Å². The summed E-state index contributed by atoms with van der Waals surface area (Å²) in [6.07, 6.45) is -2.62. The first kappa shape index (κ1) is 30.7. The third kappa shape index (κ3) is 6.54. The number of halogens is 5. The number of hydrogen-bond donors (Lipinski definition) is 0. The third-order valence-electron chi connectivity index (χ3n) is 8.85. The molecule has 0 N–H and O–H groups in total. The van der Waals surface area contributed by atoms with Gasteiger partial charge in [0.15, 0.2) is 5.69 Å². The second kappa shape index (κ2) is 12.6. The Balaban J connectivity index is 1.20. The number of rotatable bonds is 8. The number of anilines is 2. The Hall–Kier alpha value is -3.31. The summed E-state index contributed by atoms with van der Waals surface area (Å²) in [6, 6.07) is 13.3. The van der Waals surface area contributed by atoms with Gasteiger partial charge in [-0.05, 0) is 56.0 Å². The molecule has 1 unspecified atom stereocenters. The smallest absolute Gasteiger partial charge is 0.433 e. The maximum absolute atomic E-state index is 14.2. The van der Waals surface area contributed by atoms with E-state index in [1.54, 1.807) is 6.92 Å². The molecule has 7 nitrogen and oxygen atoms in total.